The van der Waals surface area contributed by atoms with Crippen LogP contribution < -0.4 is 10.6 Å². The van der Waals surface area contributed by atoms with E-state index >= 15 is 0 Å². The molecule has 184 valence electrons. The Morgan fingerprint density at radius 3 is 2.80 bits per heavy atom. The first-order valence-electron chi connectivity index (χ1n) is 11.5. The highest BCUT2D eigenvalue weighted by atomic mass is 32.2. The fraction of sp³-hybridized carbons (Fsp3) is 0.360. The first-order chi connectivity index (χ1) is 16.9. The van der Waals surface area contributed by atoms with Gasteiger partial charge in [-0.3, -0.25) is 9.59 Å². The standard InChI is InChI=1S/C25H29N5O3S2/c1-4-21(31)28-18-9-7-17(8-10-18)24(32)30-11-5-6-19(14-30)29-25-27-13-23(35-25)34-15-22-26-12-20(33-22)16(2)3/h4,7-10,12-13,16,19H,1,5-6,11,14-15H2,2-3H3,(H,27,29)(H,28,31)/t19-/m0/s1. The number of carbonyl (C=O) groups is 2. The Bertz CT molecular complexity index is 1170. The van der Waals surface area contributed by atoms with Crippen LogP contribution in [0.3, 0.4) is 0 Å². The van der Waals surface area contributed by atoms with Crippen molar-refractivity contribution in [2.45, 2.75) is 48.6 Å². The molecule has 0 bridgehead atoms. The third-order valence-electron chi connectivity index (χ3n) is 5.58. The van der Waals surface area contributed by atoms with Gasteiger partial charge in [0, 0.05) is 36.3 Å². The number of oxazole rings is 1. The summed E-state index contributed by atoms with van der Waals surface area (Å²) in [6, 6.07) is 7.07. The highest BCUT2D eigenvalue weighted by molar-refractivity contribution is 8.00. The Morgan fingerprint density at radius 2 is 2.09 bits per heavy atom. The van der Waals surface area contributed by atoms with Crippen LogP contribution in [0.2, 0.25) is 0 Å². The molecule has 2 N–H and O–H groups in total. The summed E-state index contributed by atoms with van der Waals surface area (Å²) in [5.41, 5.74) is 1.23. The number of thioether (sulfide) groups is 1. The number of aromatic nitrogens is 2. The van der Waals surface area contributed by atoms with Gasteiger partial charge in [-0.15, -0.1) is 11.8 Å². The zero-order valence-electron chi connectivity index (χ0n) is 19.8. The van der Waals surface area contributed by atoms with Gasteiger partial charge < -0.3 is 20.0 Å². The molecule has 2 amide bonds. The van der Waals surface area contributed by atoms with Crippen molar-refractivity contribution in [3.8, 4) is 0 Å². The molecular weight excluding hydrogens is 482 g/mol. The van der Waals surface area contributed by atoms with Gasteiger partial charge in [0.15, 0.2) is 5.13 Å². The highest BCUT2D eigenvalue weighted by Crippen LogP contribution is 2.32. The lowest BCUT2D eigenvalue weighted by Gasteiger charge is -2.33. The monoisotopic (exact) mass is 511 g/mol. The second-order valence-electron chi connectivity index (χ2n) is 8.59. The molecule has 0 radical (unpaired) electrons. The van der Waals surface area contributed by atoms with Crippen molar-refractivity contribution >= 4 is 45.7 Å². The van der Waals surface area contributed by atoms with Crippen LogP contribution in [0, 0.1) is 0 Å². The largest absolute Gasteiger partial charge is 0.445 e. The fourth-order valence-electron chi connectivity index (χ4n) is 3.71. The number of carbonyl (C=O) groups excluding carboxylic acids is 2. The molecule has 0 aliphatic carbocycles. The minimum Gasteiger partial charge on any atom is -0.445 e. The molecule has 0 saturated carbocycles. The van der Waals surface area contributed by atoms with Crippen LogP contribution in [0.15, 0.2) is 57.9 Å². The molecule has 35 heavy (non-hydrogen) atoms. The minimum absolute atomic E-state index is 0.0137. The molecule has 0 unspecified atom stereocenters. The van der Waals surface area contributed by atoms with Crippen molar-refractivity contribution in [3.05, 3.63) is 66.5 Å². The van der Waals surface area contributed by atoms with Crippen LogP contribution in [-0.4, -0.2) is 45.8 Å². The van der Waals surface area contributed by atoms with Gasteiger partial charge >= 0.3 is 0 Å². The van der Waals surface area contributed by atoms with E-state index in [9.17, 15) is 9.59 Å². The van der Waals surface area contributed by atoms with Crippen molar-refractivity contribution in [3.63, 3.8) is 0 Å². The zero-order chi connectivity index (χ0) is 24.8. The summed E-state index contributed by atoms with van der Waals surface area (Å²) < 4.78 is 6.86. The van der Waals surface area contributed by atoms with Crippen molar-refractivity contribution in [1.82, 2.24) is 14.9 Å². The molecule has 1 aromatic carbocycles. The maximum absolute atomic E-state index is 13.0. The van der Waals surface area contributed by atoms with E-state index in [1.807, 2.05) is 11.1 Å². The quantitative estimate of drug-likeness (QED) is 0.293. The van der Waals surface area contributed by atoms with Crippen LogP contribution in [0.1, 0.15) is 54.6 Å². The maximum Gasteiger partial charge on any atom is 0.253 e. The Labute approximate surface area is 213 Å². The van der Waals surface area contributed by atoms with E-state index in [1.54, 1.807) is 53.6 Å². The van der Waals surface area contributed by atoms with E-state index in [-0.39, 0.29) is 17.9 Å². The van der Waals surface area contributed by atoms with Crippen molar-refractivity contribution in [1.29, 1.82) is 0 Å². The summed E-state index contributed by atoms with van der Waals surface area (Å²) in [6.45, 7) is 8.94. The number of amides is 2. The predicted molar refractivity (Wildman–Crippen MR) is 140 cm³/mol. The topological polar surface area (TPSA) is 100 Å². The summed E-state index contributed by atoms with van der Waals surface area (Å²) in [5, 5.41) is 7.04. The molecule has 10 heteroatoms. The fourth-order valence-corrected chi connectivity index (χ4v) is 5.51. The van der Waals surface area contributed by atoms with Crippen LogP contribution in [-0.2, 0) is 10.5 Å². The van der Waals surface area contributed by atoms with Crippen LogP contribution in [0.25, 0.3) is 0 Å². The number of rotatable bonds is 9. The number of likely N-dealkylation sites (tertiary alicyclic amines) is 1. The van der Waals surface area contributed by atoms with Crippen molar-refractivity contribution < 1.29 is 14.0 Å². The van der Waals surface area contributed by atoms with Gasteiger partial charge in [0.25, 0.3) is 5.91 Å². The van der Waals surface area contributed by atoms with Gasteiger partial charge in [0.1, 0.15) is 5.76 Å². The van der Waals surface area contributed by atoms with Crippen molar-refractivity contribution in [2.75, 3.05) is 23.7 Å². The molecule has 1 saturated heterocycles. The molecule has 1 atom stereocenters. The van der Waals surface area contributed by atoms with E-state index in [2.05, 4.69) is 41.0 Å². The first-order valence-corrected chi connectivity index (χ1v) is 13.3. The van der Waals surface area contributed by atoms with E-state index in [4.69, 9.17) is 4.42 Å². The third kappa shape index (κ3) is 6.73. The molecular formula is C25H29N5O3S2. The van der Waals surface area contributed by atoms with E-state index in [0.29, 0.717) is 29.5 Å². The summed E-state index contributed by atoms with van der Waals surface area (Å²) >= 11 is 3.25. The molecule has 3 aromatic rings. The second-order valence-corrected chi connectivity index (χ2v) is 10.9. The van der Waals surface area contributed by atoms with Gasteiger partial charge in [0.2, 0.25) is 11.8 Å². The molecule has 8 nitrogen and oxygen atoms in total. The zero-order valence-corrected chi connectivity index (χ0v) is 21.5. The molecule has 1 aliphatic rings. The minimum atomic E-state index is -0.282. The maximum atomic E-state index is 13.0. The number of hydrogen-bond acceptors (Lipinski definition) is 8. The number of hydrogen-bond donors (Lipinski definition) is 2. The Kier molecular flexibility index (Phi) is 8.25. The lowest BCUT2D eigenvalue weighted by Crippen LogP contribution is -2.45. The summed E-state index contributed by atoms with van der Waals surface area (Å²) in [4.78, 5) is 35.2. The van der Waals surface area contributed by atoms with Crippen LogP contribution >= 0.6 is 23.1 Å². The number of nitrogens with zero attached hydrogens (tertiary/aromatic N) is 3. The van der Waals surface area contributed by atoms with E-state index in [0.717, 1.165) is 40.4 Å². The predicted octanol–water partition coefficient (Wildman–Crippen LogP) is 5.39. The lowest BCUT2D eigenvalue weighted by molar-refractivity contribution is -0.111. The molecule has 4 rings (SSSR count). The lowest BCUT2D eigenvalue weighted by atomic mass is 10.0. The number of nitrogens with one attached hydrogen (secondary N) is 2. The first kappa shape index (κ1) is 25.0. The average Bonchev–Trinajstić information content (AvgIpc) is 3.52. The Hall–Kier alpha value is -3.11. The number of piperidine rings is 1. The van der Waals surface area contributed by atoms with E-state index < -0.39 is 0 Å². The van der Waals surface area contributed by atoms with Crippen LogP contribution in [0.5, 0.6) is 0 Å². The van der Waals surface area contributed by atoms with Gasteiger partial charge in [-0.1, -0.05) is 31.8 Å². The van der Waals surface area contributed by atoms with Crippen molar-refractivity contribution in [2.24, 2.45) is 0 Å². The second kappa shape index (κ2) is 11.5. The normalized spacial score (nSPS) is 15.7. The van der Waals surface area contributed by atoms with Gasteiger partial charge in [-0.05, 0) is 43.2 Å². The van der Waals surface area contributed by atoms with Gasteiger partial charge in [-0.2, -0.15) is 0 Å². The Morgan fingerprint density at radius 1 is 1.29 bits per heavy atom. The highest BCUT2D eigenvalue weighted by Gasteiger charge is 2.25. The average molecular weight is 512 g/mol. The number of thiazole rings is 1. The Balaban J connectivity index is 1.29. The number of benzene rings is 1. The molecule has 3 heterocycles. The van der Waals surface area contributed by atoms with E-state index in [1.165, 1.54) is 6.08 Å². The van der Waals surface area contributed by atoms with Gasteiger partial charge in [-0.25, -0.2) is 9.97 Å². The summed E-state index contributed by atoms with van der Waals surface area (Å²) in [5.74, 6) is 2.32. The molecule has 0 spiro atoms. The molecule has 1 fully saturated rings. The molecule has 1 aliphatic heterocycles. The van der Waals surface area contributed by atoms with Crippen LogP contribution in [0.4, 0.5) is 10.8 Å². The summed E-state index contributed by atoms with van der Waals surface area (Å²) in [7, 11) is 0. The van der Waals surface area contributed by atoms with Gasteiger partial charge in [0.05, 0.1) is 22.4 Å². The SMILES string of the molecule is C=CC(=O)Nc1ccc(C(=O)N2CCC[C@H](Nc3ncc(SCc4ncc(C(C)C)o4)s3)C2)cc1. The molecule has 2 aromatic heterocycles. The third-order valence-corrected chi connectivity index (χ3v) is 7.69. The summed E-state index contributed by atoms with van der Waals surface area (Å²) in [6.07, 6.45) is 6.77. The smallest absolute Gasteiger partial charge is 0.253 e. The number of anilines is 2.